The molecule has 0 aliphatic rings. The standard InChI is InChI=1S/C18H16BrClN4O2S/c1-24-16(10-26-15-9-5-3-7-13(15)20)22-23-18(24)27-11-17(25)21-14-8-4-2-6-12(14)19/h2-9H,10-11H2,1H3,(H,21,25). The number of amides is 1. The molecule has 1 heterocycles. The minimum absolute atomic E-state index is 0.122. The lowest BCUT2D eigenvalue weighted by Gasteiger charge is -2.08. The number of carbonyl (C=O) groups is 1. The van der Waals surface area contributed by atoms with Gasteiger partial charge < -0.3 is 14.6 Å². The number of carbonyl (C=O) groups excluding carboxylic acids is 1. The molecule has 6 nitrogen and oxygen atoms in total. The van der Waals surface area contributed by atoms with E-state index in [0.29, 0.717) is 21.8 Å². The van der Waals surface area contributed by atoms with Crippen molar-refractivity contribution in [1.29, 1.82) is 0 Å². The molecule has 0 aliphatic carbocycles. The average molecular weight is 468 g/mol. The van der Waals surface area contributed by atoms with E-state index in [1.54, 1.807) is 16.7 Å². The summed E-state index contributed by atoms with van der Waals surface area (Å²) in [4.78, 5) is 12.2. The van der Waals surface area contributed by atoms with Crippen LogP contribution in [0.2, 0.25) is 5.02 Å². The Labute approximate surface area is 174 Å². The highest BCUT2D eigenvalue weighted by Crippen LogP contribution is 2.25. The summed E-state index contributed by atoms with van der Waals surface area (Å²) in [5.74, 6) is 1.33. The number of para-hydroxylation sites is 2. The number of ether oxygens (including phenoxy) is 1. The highest BCUT2D eigenvalue weighted by atomic mass is 79.9. The number of hydrogen-bond donors (Lipinski definition) is 1. The lowest BCUT2D eigenvalue weighted by atomic mass is 10.3. The van der Waals surface area contributed by atoms with E-state index >= 15 is 0 Å². The van der Waals surface area contributed by atoms with E-state index in [9.17, 15) is 4.79 Å². The van der Waals surface area contributed by atoms with Gasteiger partial charge in [0.1, 0.15) is 12.4 Å². The van der Waals surface area contributed by atoms with Crippen molar-refractivity contribution < 1.29 is 9.53 Å². The quantitative estimate of drug-likeness (QED) is 0.517. The molecule has 0 bridgehead atoms. The van der Waals surface area contributed by atoms with Crippen molar-refractivity contribution in [3.8, 4) is 5.75 Å². The lowest BCUT2D eigenvalue weighted by molar-refractivity contribution is -0.113. The molecule has 0 saturated heterocycles. The van der Waals surface area contributed by atoms with Crippen molar-refractivity contribution in [1.82, 2.24) is 14.8 Å². The highest BCUT2D eigenvalue weighted by Gasteiger charge is 2.13. The number of nitrogens with one attached hydrogen (secondary N) is 1. The minimum Gasteiger partial charge on any atom is -0.484 e. The van der Waals surface area contributed by atoms with Gasteiger partial charge in [-0.05, 0) is 40.2 Å². The molecule has 0 atom stereocenters. The number of hydrogen-bond acceptors (Lipinski definition) is 5. The monoisotopic (exact) mass is 466 g/mol. The first-order valence-electron chi connectivity index (χ1n) is 7.97. The van der Waals surface area contributed by atoms with E-state index in [2.05, 4.69) is 31.4 Å². The van der Waals surface area contributed by atoms with Gasteiger partial charge in [-0.15, -0.1) is 10.2 Å². The number of thioether (sulfide) groups is 1. The van der Waals surface area contributed by atoms with Gasteiger partial charge in [-0.1, -0.05) is 47.6 Å². The molecule has 9 heteroatoms. The van der Waals surface area contributed by atoms with Crippen molar-refractivity contribution in [2.24, 2.45) is 7.05 Å². The van der Waals surface area contributed by atoms with Gasteiger partial charge in [0.2, 0.25) is 5.91 Å². The zero-order valence-corrected chi connectivity index (χ0v) is 17.5. The van der Waals surface area contributed by atoms with Crippen molar-refractivity contribution >= 4 is 50.9 Å². The molecule has 0 aliphatic heterocycles. The normalized spacial score (nSPS) is 10.6. The van der Waals surface area contributed by atoms with E-state index in [1.807, 2.05) is 43.4 Å². The van der Waals surface area contributed by atoms with Crippen LogP contribution in [0.5, 0.6) is 5.75 Å². The van der Waals surface area contributed by atoms with E-state index in [1.165, 1.54) is 11.8 Å². The second-order valence-electron chi connectivity index (χ2n) is 5.49. The first-order chi connectivity index (χ1) is 13.0. The minimum atomic E-state index is -0.122. The smallest absolute Gasteiger partial charge is 0.234 e. The fourth-order valence-corrected chi connectivity index (χ4v) is 3.48. The van der Waals surface area contributed by atoms with Crippen LogP contribution in [0.15, 0.2) is 58.2 Å². The van der Waals surface area contributed by atoms with Gasteiger partial charge in [-0.2, -0.15) is 0 Å². The van der Waals surface area contributed by atoms with E-state index < -0.39 is 0 Å². The molecule has 27 heavy (non-hydrogen) atoms. The van der Waals surface area contributed by atoms with Crippen LogP contribution in [0.3, 0.4) is 0 Å². The zero-order valence-electron chi connectivity index (χ0n) is 14.4. The summed E-state index contributed by atoms with van der Waals surface area (Å²) in [5.41, 5.74) is 0.731. The van der Waals surface area contributed by atoms with Crippen LogP contribution in [0.4, 0.5) is 5.69 Å². The van der Waals surface area contributed by atoms with Gasteiger partial charge >= 0.3 is 0 Å². The SMILES string of the molecule is Cn1c(COc2ccccc2Cl)nnc1SCC(=O)Nc1ccccc1Br. The Morgan fingerprint density at radius 1 is 1.22 bits per heavy atom. The van der Waals surface area contributed by atoms with Gasteiger partial charge in [-0.25, -0.2) is 0 Å². The average Bonchev–Trinajstić information content (AvgIpc) is 3.01. The maximum Gasteiger partial charge on any atom is 0.234 e. The Kier molecular flexibility index (Phi) is 6.76. The van der Waals surface area contributed by atoms with Crippen molar-refractivity contribution in [2.75, 3.05) is 11.1 Å². The molecule has 0 spiro atoms. The Bertz CT molecular complexity index is 951. The molecule has 0 fully saturated rings. The first kappa shape index (κ1) is 19.7. The van der Waals surface area contributed by atoms with E-state index in [4.69, 9.17) is 16.3 Å². The number of benzene rings is 2. The van der Waals surface area contributed by atoms with Gasteiger partial charge in [0, 0.05) is 11.5 Å². The van der Waals surface area contributed by atoms with Gasteiger partial charge in [0.05, 0.1) is 16.5 Å². The van der Waals surface area contributed by atoms with Crippen LogP contribution in [0.25, 0.3) is 0 Å². The Morgan fingerprint density at radius 3 is 2.74 bits per heavy atom. The molecule has 0 unspecified atom stereocenters. The zero-order chi connectivity index (χ0) is 19.2. The fourth-order valence-electron chi connectivity index (χ4n) is 2.18. The van der Waals surface area contributed by atoms with Crippen LogP contribution >= 0.6 is 39.3 Å². The molecule has 1 amide bonds. The molecule has 1 N–H and O–H groups in total. The summed E-state index contributed by atoms with van der Waals surface area (Å²) in [6, 6.07) is 14.7. The van der Waals surface area contributed by atoms with Crippen molar-refractivity contribution in [2.45, 2.75) is 11.8 Å². The third kappa shape index (κ3) is 5.24. The summed E-state index contributed by atoms with van der Waals surface area (Å²) in [6.45, 7) is 0.233. The topological polar surface area (TPSA) is 69.0 Å². The van der Waals surface area contributed by atoms with Crippen LogP contribution in [0, 0.1) is 0 Å². The molecule has 0 radical (unpaired) electrons. The number of aromatic nitrogens is 3. The fraction of sp³-hybridized carbons (Fsp3) is 0.167. The maximum atomic E-state index is 12.2. The number of halogens is 2. The molecule has 1 aromatic heterocycles. The van der Waals surface area contributed by atoms with Gasteiger partial charge in [-0.3, -0.25) is 4.79 Å². The highest BCUT2D eigenvalue weighted by molar-refractivity contribution is 9.10. The Morgan fingerprint density at radius 2 is 1.96 bits per heavy atom. The third-order valence-electron chi connectivity index (χ3n) is 3.60. The van der Waals surface area contributed by atoms with Crippen LogP contribution in [-0.2, 0) is 18.4 Å². The molecule has 0 saturated carbocycles. The number of nitrogens with zero attached hydrogens (tertiary/aromatic N) is 3. The summed E-state index contributed by atoms with van der Waals surface area (Å²) in [5, 5.41) is 12.3. The summed E-state index contributed by atoms with van der Waals surface area (Å²) < 4.78 is 8.32. The van der Waals surface area contributed by atoms with Crippen LogP contribution < -0.4 is 10.1 Å². The molecule has 3 rings (SSSR count). The van der Waals surface area contributed by atoms with E-state index in [0.717, 1.165) is 10.2 Å². The molecular weight excluding hydrogens is 452 g/mol. The van der Waals surface area contributed by atoms with E-state index in [-0.39, 0.29) is 18.3 Å². The summed E-state index contributed by atoms with van der Waals surface area (Å²) in [7, 11) is 1.83. The molecular formula is C18H16BrClN4O2S. The Hall–Kier alpha value is -2.03. The molecule has 2 aromatic carbocycles. The maximum absolute atomic E-state index is 12.2. The van der Waals surface area contributed by atoms with Crippen LogP contribution in [-0.4, -0.2) is 26.4 Å². The lowest BCUT2D eigenvalue weighted by Crippen LogP contribution is -2.15. The third-order valence-corrected chi connectivity index (χ3v) is 5.62. The molecule has 140 valence electrons. The second kappa shape index (κ2) is 9.25. The number of rotatable bonds is 7. The predicted molar refractivity (Wildman–Crippen MR) is 110 cm³/mol. The van der Waals surface area contributed by atoms with Gasteiger partial charge in [0.25, 0.3) is 0 Å². The largest absolute Gasteiger partial charge is 0.484 e. The molecule has 3 aromatic rings. The second-order valence-corrected chi connectivity index (χ2v) is 7.70. The summed E-state index contributed by atoms with van der Waals surface area (Å²) in [6.07, 6.45) is 0. The van der Waals surface area contributed by atoms with Crippen molar-refractivity contribution in [3.05, 3.63) is 63.9 Å². The van der Waals surface area contributed by atoms with Gasteiger partial charge in [0.15, 0.2) is 11.0 Å². The summed E-state index contributed by atoms with van der Waals surface area (Å²) >= 11 is 10.8. The predicted octanol–water partition coefficient (Wildman–Crippen LogP) is 4.54. The van der Waals surface area contributed by atoms with Crippen LogP contribution in [0.1, 0.15) is 5.82 Å². The number of anilines is 1. The Balaban J connectivity index is 1.55. The van der Waals surface area contributed by atoms with Crippen molar-refractivity contribution in [3.63, 3.8) is 0 Å². The first-order valence-corrected chi connectivity index (χ1v) is 10.1.